The Balaban J connectivity index is 1.21. The van der Waals surface area contributed by atoms with Gasteiger partial charge in [0, 0.05) is 57.6 Å². The Labute approximate surface area is 182 Å². The van der Waals surface area contributed by atoms with E-state index >= 15 is 0 Å². The summed E-state index contributed by atoms with van der Waals surface area (Å²) in [6.45, 7) is 6.26. The van der Waals surface area contributed by atoms with Gasteiger partial charge in [0.1, 0.15) is 31.3 Å². The molecule has 1 aromatic heterocycles. The van der Waals surface area contributed by atoms with Crippen LogP contribution in [0.15, 0.2) is 36.7 Å². The van der Waals surface area contributed by atoms with Crippen molar-refractivity contribution in [3.05, 3.63) is 36.7 Å². The van der Waals surface area contributed by atoms with Crippen LogP contribution in [0.25, 0.3) is 0 Å². The lowest BCUT2D eigenvalue weighted by atomic mass is 10.3. The van der Waals surface area contributed by atoms with Crippen molar-refractivity contribution >= 4 is 11.7 Å². The summed E-state index contributed by atoms with van der Waals surface area (Å²) in [6, 6.07) is 7.50. The van der Waals surface area contributed by atoms with Gasteiger partial charge in [-0.05, 0) is 18.6 Å². The zero-order chi connectivity index (χ0) is 21.3. The third-order valence-electron chi connectivity index (χ3n) is 5.26. The first-order valence-corrected chi connectivity index (χ1v) is 10.8. The van der Waals surface area contributed by atoms with Crippen LogP contribution in [0.5, 0.6) is 17.4 Å². The van der Waals surface area contributed by atoms with Crippen molar-refractivity contribution in [2.24, 2.45) is 0 Å². The van der Waals surface area contributed by atoms with E-state index in [0.717, 1.165) is 50.7 Å². The van der Waals surface area contributed by atoms with Crippen LogP contribution >= 0.6 is 0 Å². The van der Waals surface area contributed by atoms with Crippen LogP contribution in [0.4, 0.5) is 5.82 Å². The first-order chi connectivity index (χ1) is 15.3. The number of piperazine rings is 1. The second-order valence-electron chi connectivity index (χ2n) is 7.43. The molecule has 2 fully saturated rings. The van der Waals surface area contributed by atoms with Gasteiger partial charge in [0.15, 0.2) is 5.82 Å². The van der Waals surface area contributed by atoms with Crippen molar-refractivity contribution in [3.8, 4) is 17.4 Å². The number of carbonyl (C=O) groups excluding carboxylic acids is 1. The second kappa shape index (κ2) is 10.8. The van der Waals surface area contributed by atoms with Crippen LogP contribution in [0.1, 0.15) is 12.8 Å². The molecular weight excluding hydrogens is 398 g/mol. The normalized spacial score (nSPS) is 16.5. The summed E-state index contributed by atoms with van der Waals surface area (Å²) in [5.74, 6) is 2.95. The van der Waals surface area contributed by atoms with Crippen molar-refractivity contribution in [2.45, 2.75) is 12.8 Å². The molecule has 2 aliphatic rings. The number of amides is 1. The zero-order valence-corrected chi connectivity index (χ0v) is 17.7. The highest BCUT2D eigenvalue weighted by Gasteiger charge is 2.19. The van der Waals surface area contributed by atoms with E-state index in [1.165, 1.54) is 0 Å². The summed E-state index contributed by atoms with van der Waals surface area (Å²) in [7, 11) is 0. The lowest BCUT2D eigenvalue weighted by Crippen LogP contribution is -2.44. The number of hydrogen-bond donors (Lipinski definition) is 1. The number of anilines is 1. The number of carbonyl (C=O) groups is 1. The maximum absolute atomic E-state index is 11.7. The molecule has 0 spiro atoms. The van der Waals surface area contributed by atoms with E-state index in [9.17, 15) is 4.79 Å². The number of ether oxygens (including phenoxy) is 3. The summed E-state index contributed by atoms with van der Waals surface area (Å²) in [5.41, 5.74) is 0. The average Bonchev–Trinajstić information content (AvgIpc) is 3.22. The van der Waals surface area contributed by atoms with E-state index in [4.69, 9.17) is 14.2 Å². The van der Waals surface area contributed by atoms with E-state index in [0.29, 0.717) is 44.4 Å². The van der Waals surface area contributed by atoms with Crippen molar-refractivity contribution in [1.29, 1.82) is 0 Å². The molecule has 9 heteroatoms. The highest BCUT2D eigenvalue weighted by molar-refractivity contribution is 5.78. The fourth-order valence-electron chi connectivity index (χ4n) is 3.68. The third-order valence-corrected chi connectivity index (χ3v) is 5.26. The van der Waals surface area contributed by atoms with Crippen LogP contribution in [-0.2, 0) is 4.79 Å². The number of nitrogens with zero attached hydrogens (tertiary/aromatic N) is 4. The molecule has 2 aliphatic heterocycles. The smallest absolute Gasteiger partial charge is 0.257 e. The molecule has 4 rings (SSSR count). The largest absolute Gasteiger partial charge is 0.492 e. The molecule has 0 bridgehead atoms. The number of nitrogens with one attached hydrogen (secondary N) is 1. The lowest BCUT2D eigenvalue weighted by Gasteiger charge is -2.28. The minimum Gasteiger partial charge on any atom is -0.492 e. The molecule has 1 amide bonds. The van der Waals surface area contributed by atoms with Crippen LogP contribution in [0, 0.1) is 0 Å². The van der Waals surface area contributed by atoms with Crippen molar-refractivity contribution < 1.29 is 19.0 Å². The Morgan fingerprint density at radius 1 is 0.935 bits per heavy atom. The third kappa shape index (κ3) is 5.97. The van der Waals surface area contributed by atoms with Gasteiger partial charge in [0.05, 0.1) is 6.54 Å². The standard InChI is InChI=1S/C22H29N5O4/c28-20-5-2-10-26(20)13-14-29-18-3-1-4-19(17-18)30-15-16-31-22-21(24-6-7-25-22)27-11-8-23-9-12-27/h1,3-4,6-7,17,23H,2,5,8-16H2. The highest BCUT2D eigenvalue weighted by atomic mass is 16.5. The summed E-state index contributed by atoms with van der Waals surface area (Å²) < 4.78 is 17.4. The van der Waals surface area contributed by atoms with Crippen LogP contribution in [-0.4, -0.2) is 79.9 Å². The topological polar surface area (TPSA) is 89.0 Å². The van der Waals surface area contributed by atoms with Crippen LogP contribution in [0.2, 0.25) is 0 Å². The molecular formula is C22H29N5O4. The SMILES string of the molecule is O=C1CCCN1CCOc1cccc(OCCOc2nccnc2N2CCNCC2)c1. The number of hydrogen-bond acceptors (Lipinski definition) is 8. The van der Waals surface area contributed by atoms with Crippen LogP contribution < -0.4 is 24.4 Å². The van der Waals surface area contributed by atoms with Crippen molar-refractivity contribution in [2.75, 3.05) is 64.0 Å². The van der Waals surface area contributed by atoms with Gasteiger partial charge in [-0.25, -0.2) is 9.97 Å². The van der Waals surface area contributed by atoms with E-state index in [1.807, 2.05) is 29.2 Å². The summed E-state index contributed by atoms with van der Waals surface area (Å²) >= 11 is 0. The quantitative estimate of drug-likeness (QED) is 0.569. The van der Waals surface area contributed by atoms with Gasteiger partial charge in [-0.1, -0.05) is 6.07 Å². The predicted octanol–water partition coefficient (Wildman–Crippen LogP) is 1.35. The maximum Gasteiger partial charge on any atom is 0.257 e. The molecule has 31 heavy (non-hydrogen) atoms. The Morgan fingerprint density at radius 2 is 1.68 bits per heavy atom. The molecule has 2 saturated heterocycles. The first-order valence-electron chi connectivity index (χ1n) is 10.8. The Hall–Kier alpha value is -3.07. The highest BCUT2D eigenvalue weighted by Crippen LogP contribution is 2.23. The monoisotopic (exact) mass is 427 g/mol. The van der Waals surface area contributed by atoms with Gasteiger partial charge in [0.2, 0.25) is 5.91 Å². The average molecular weight is 428 g/mol. The number of aromatic nitrogens is 2. The Morgan fingerprint density at radius 3 is 2.45 bits per heavy atom. The van der Waals surface area contributed by atoms with E-state index < -0.39 is 0 Å². The second-order valence-corrected chi connectivity index (χ2v) is 7.43. The van der Waals surface area contributed by atoms with Crippen LogP contribution in [0.3, 0.4) is 0 Å². The van der Waals surface area contributed by atoms with Gasteiger partial charge in [-0.3, -0.25) is 4.79 Å². The number of likely N-dealkylation sites (tertiary alicyclic amines) is 1. The minimum atomic E-state index is 0.212. The van der Waals surface area contributed by atoms with Gasteiger partial charge in [0.25, 0.3) is 5.88 Å². The summed E-state index contributed by atoms with van der Waals surface area (Å²) in [5, 5.41) is 3.33. The molecule has 1 aromatic carbocycles. The van der Waals surface area contributed by atoms with E-state index in [2.05, 4.69) is 20.2 Å². The maximum atomic E-state index is 11.7. The van der Waals surface area contributed by atoms with Gasteiger partial charge in [-0.2, -0.15) is 0 Å². The molecule has 1 N–H and O–H groups in total. The lowest BCUT2D eigenvalue weighted by molar-refractivity contribution is -0.128. The predicted molar refractivity (Wildman–Crippen MR) is 116 cm³/mol. The fraction of sp³-hybridized carbons (Fsp3) is 0.500. The molecule has 0 aliphatic carbocycles. The summed E-state index contributed by atoms with van der Waals surface area (Å²) in [4.78, 5) is 24.5. The van der Waals surface area contributed by atoms with Crippen molar-refractivity contribution in [1.82, 2.24) is 20.2 Å². The molecule has 0 radical (unpaired) electrons. The molecule has 2 aromatic rings. The van der Waals surface area contributed by atoms with Gasteiger partial charge in [-0.15, -0.1) is 0 Å². The van der Waals surface area contributed by atoms with E-state index in [-0.39, 0.29) is 5.91 Å². The molecule has 9 nitrogen and oxygen atoms in total. The first kappa shape index (κ1) is 21.2. The molecule has 0 saturated carbocycles. The Bertz CT molecular complexity index is 859. The molecule has 0 unspecified atom stereocenters. The number of benzene rings is 1. The zero-order valence-electron chi connectivity index (χ0n) is 17.7. The van der Waals surface area contributed by atoms with E-state index in [1.54, 1.807) is 12.4 Å². The molecule has 166 valence electrons. The van der Waals surface area contributed by atoms with Gasteiger partial charge >= 0.3 is 0 Å². The molecule has 0 atom stereocenters. The van der Waals surface area contributed by atoms with Crippen molar-refractivity contribution in [3.63, 3.8) is 0 Å². The molecule has 3 heterocycles. The Kier molecular flexibility index (Phi) is 7.38. The van der Waals surface area contributed by atoms with Gasteiger partial charge < -0.3 is 29.3 Å². The summed E-state index contributed by atoms with van der Waals surface area (Å²) in [6.07, 6.45) is 4.91. The minimum absolute atomic E-state index is 0.212. The number of rotatable bonds is 10. The fourth-order valence-corrected chi connectivity index (χ4v) is 3.68.